The molecule has 0 bridgehead atoms. The van der Waals surface area contributed by atoms with Gasteiger partial charge in [0.25, 0.3) is 0 Å². The standard InChI is InChI=1S/C22H27N2O3S/c1-3-14-28(25,26)24(13-7-8-19(16-23)17-24)22-12-11-21(15-18(22)2)27-20-9-5-4-6-10-20/h4-12,15,17H,3,13-14,16,23H2,1-2H3/q+1. The monoisotopic (exact) mass is 399 g/mol. The van der Waals surface area contributed by atoms with Gasteiger partial charge in [-0.2, -0.15) is 12.3 Å². The molecule has 1 unspecified atom stereocenters. The van der Waals surface area contributed by atoms with Crippen molar-refractivity contribution in [1.82, 2.24) is 3.89 Å². The molecule has 2 aromatic carbocycles. The van der Waals surface area contributed by atoms with Crippen LogP contribution in [-0.4, -0.2) is 27.3 Å². The number of nitrogens with zero attached hydrogens (tertiary/aromatic N) is 1. The highest BCUT2D eigenvalue weighted by Crippen LogP contribution is 2.37. The first-order valence-corrected chi connectivity index (χ1v) is 11.1. The lowest BCUT2D eigenvalue weighted by atomic mass is 10.1. The van der Waals surface area contributed by atoms with Crippen molar-refractivity contribution in [3.8, 4) is 11.5 Å². The van der Waals surface area contributed by atoms with Gasteiger partial charge < -0.3 is 10.5 Å². The molecule has 28 heavy (non-hydrogen) atoms. The molecule has 1 heterocycles. The van der Waals surface area contributed by atoms with Crippen LogP contribution in [-0.2, 0) is 10.0 Å². The highest BCUT2D eigenvalue weighted by molar-refractivity contribution is 7.91. The molecule has 0 aromatic heterocycles. The van der Waals surface area contributed by atoms with E-state index >= 15 is 0 Å². The summed E-state index contributed by atoms with van der Waals surface area (Å²) in [4.78, 5) is 0. The molecule has 148 valence electrons. The van der Waals surface area contributed by atoms with Gasteiger partial charge in [-0.1, -0.05) is 31.2 Å². The van der Waals surface area contributed by atoms with E-state index in [1.165, 1.54) is 0 Å². The summed E-state index contributed by atoms with van der Waals surface area (Å²) in [5, 5.41) is 0. The summed E-state index contributed by atoms with van der Waals surface area (Å²) in [5.74, 6) is 1.52. The zero-order valence-corrected chi connectivity index (χ0v) is 17.2. The van der Waals surface area contributed by atoms with Gasteiger partial charge in [-0.3, -0.25) is 0 Å². The molecule has 0 fully saturated rings. The van der Waals surface area contributed by atoms with E-state index in [4.69, 9.17) is 10.5 Å². The van der Waals surface area contributed by atoms with Crippen LogP contribution in [0.2, 0.25) is 0 Å². The van der Waals surface area contributed by atoms with E-state index in [-0.39, 0.29) is 9.64 Å². The highest BCUT2D eigenvalue weighted by Gasteiger charge is 2.43. The minimum atomic E-state index is -3.47. The molecule has 6 heteroatoms. The largest absolute Gasteiger partial charge is 0.457 e. The Balaban J connectivity index is 2.06. The van der Waals surface area contributed by atoms with E-state index in [0.29, 0.717) is 25.3 Å². The Morgan fingerprint density at radius 2 is 1.86 bits per heavy atom. The van der Waals surface area contributed by atoms with Crippen molar-refractivity contribution in [3.63, 3.8) is 0 Å². The summed E-state index contributed by atoms with van der Waals surface area (Å²) in [6.45, 7) is 4.45. The number of benzene rings is 2. The Morgan fingerprint density at radius 3 is 2.50 bits per heavy atom. The van der Waals surface area contributed by atoms with Crippen LogP contribution in [0.1, 0.15) is 18.9 Å². The van der Waals surface area contributed by atoms with Gasteiger partial charge in [-0.25, -0.2) is 0 Å². The molecule has 0 saturated carbocycles. The molecule has 5 nitrogen and oxygen atoms in total. The average molecular weight is 400 g/mol. The molecule has 0 spiro atoms. The fourth-order valence-electron chi connectivity index (χ4n) is 3.52. The number of aryl methyl sites for hydroxylation is 1. The molecule has 0 saturated heterocycles. The van der Waals surface area contributed by atoms with Crippen molar-refractivity contribution in [2.45, 2.75) is 20.3 Å². The Labute approximate surface area is 167 Å². The van der Waals surface area contributed by atoms with Gasteiger partial charge in [0.05, 0.1) is 0 Å². The molecule has 0 aliphatic carbocycles. The lowest BCUT2D eigenvalue weighted by molar-refractivity contribution is 0.480. The number of rotatable bonds is 7. The van der Waals surface area contributed by atoms with Gasteiger partial charge in [-0.05, 0) is 43.7 Å². The fourth-order valence-corrected chi connectivity index (χ4v) is 5.47. The number of ether oxygens (including phenoxy) is 1. The lowest BCUT2D eigenvalue weighted by Crippen LogP contribution is -2.52. The van der Waals surface area contributed by atoms with Gasteiger partial charge in [0.2, 0.25) is 0 Å². The number of para-hydroxylation sites is 1. The third-order valence-corrected chi connectivity index (χ3v) is 7.20. The van der Waals surface area contributed by atoms with Gasteiger partial charge >= 0.3 is 10.0 Å². The first kappa shape index (κ1) is 20.3. The molecule has 1 atom stereocenters. The SMILES string of the molecule is CCCS(=O)(=O)[N+]1(c2ccc(Oc3ccccc3)cc2C)C=C(CN)C=CC1. The molecule has 2 aromatic rings. The Morgan fingerprint density at radius 1 is 1.11 bits per heavy atom. The first-order valence-electron chi connectivity index (χ1n) is 9.45. The number of nitrogens with two attached hydrogens (primary N) is 1. The first-order chi connectivity index (χ1) is 13.4. The van der Waals surface area contributed by atoms with Crippen LogP contribution in [0.3, 0.4) is 0 Å². The van der Waals surface area contributed by atoms with E-state index in [0.717, 1.165) is 22.6 Å². The van der Waals surface area contributed by atoms with Crippen LogP contribution >= 0.6 is 0 Å². The van der Waals surface area contributed by atoms with Crippen molar-refractivity contribution in [1.29, 1.82) is 0 Å². The molecule has 1 aliphatic heterocycles. The van der Waals surface area contributed by atoms with Crippen LogP contribution < -0.4 is 14.4 Å². The summed E-state index contributed by atoms with van der Waals surface area (Å²) >= 11 is 0. The topological polar surface area (TPSA) is 69.4 Å². The lowest BCUT2D eigenvalue weighted by Gasteiger charge is -2.35. The number of hydrogen-bond acceptors (Lipinski definition) is 4. The zero-order chi connectivity index (χ0) is 20.2. The van der Waals surface area contributed by atoms with Crippen molar-refractivity contribution in [3.05, 3.63) is 78.0 Å². The smallest absolute Gasteiger partial charge is 0.306 e. The molecule has 0 amide bonds. The number of sulfonamides is 1. The minimum Gasteiger partial charge on any atom is -0.457 e. The Bertz CT molecular complexity index is 998. The van der Waals surface area contributed by atoms with Crippen LogP contribution in [0.4, 0.5) is 5.69 Å². The number of quaternary nitrogens is 1. The summed E-state index contributed by atoms with van der Waals surface area (Å²) in [5.41, 5.74) is 8.22. The predicted octanol–water partition coefficient (Wildman–Crippen LogP) is 4.25. The van der Waals surface area contributed by atoms with Crippen LogP contribution in [0.15, 0.2) is 72.5 Å². The second-order valence-electron chi connectivity index (χ2n) is 6.94. The fraction of sp³-hybridized carbons (Fsp3) is 0.273. The second-order valence-corrected chi connectivity index (χ2v) is 9.16. The molecule has 0 radical (unpaired) electrons. The predicted molar refractivity (Wildman–Crippen MR) is 115 cm³/mol. The number of hydrogen-bond donors (Lipinski definition) is 1. The van der Waals surface area contributed by atoms with Crippen LogP contribution in [0.25, 0.3) is 0 Å². The maximum Gasteiger partial charge on any atom is 0.306 e. The molecule has 2 N–H and O–H groups in total. The Hall–Kier alpha value is -2.41. The van der Waals surface area contributed by atoms with E-state index in [2.05, 4.69) is 0 Å². The van der Waals surface area contributed by atoms with E-state index in [1.807, 2.05) is 74.5 Å². The van der Waals surface area contributed by atoms with Crippen molar-refractivity contribution < 1.29 is 13.2 Å². The van der Waals surface area contributed by atoms with E-state index in [9.17, 15) is 8.42 Å². The van der Waals surface area contributed by atoms with Gasteiger partial charge in [0, 0.05) is 23.7 Å². The van der Waals surface area contributed by atoms with E-state index in [1.54, 1.807) is 6.20 Å². The minimum absolute atomic E-state index is 0.108. The van der Waals surface area contributed by atoms with Crippen molar-refractivity contribution in [2.75, 3.05) is 18.8 Å². The zero-order valence-electron chi connectivity index (χ0n) is 16.3. The van der Waals surface area contributed by atoms with Crippen molar-refractivity contribution >= 4 is 15.7 Å². The third-order valence-electron chi connectivity index (χ3n) is 4.83. The summed E-state index contributed by atoms with van der Waals surface area (Å²) < 4.78 is 32.3. The van der Waals surface area contributed by atoms with Gasteiger partial charge in [0.15, 0.2) is 5.69 Å². The van der Waals surface area contributed by atoms with Crippen LogP contribution in [0.5, 0.6) is 11.5 Å². The average Bonchev–Trinajstić information content (AvgIpc) is 2.68. The highest BCUT2D eigenvalue weighted by atomic mass is 32.2. The Kier molecular flexibility index (Phi) is 6.03. The molecular formula is C22H27N2O3S+. The van der Waals surface area contributed by atoms with Crippen LogP contribution in [0, 0.1) is 6.92 Å². The molecule has 1 aliphatic rings. The maximum absolute atomic E-state index is 13.3. The van der Waals surface area contributed by atoms with Gasteiger partial charge in [-0.15, -0.1) is 0 Å². The summed E-state index contributed by atoms with van der Waals surface area (Å²) in [6.07, 6.45) is 6.14. The van der Waals surface area contributed by atoms with E-state index < -0.39 is 10.0 Å². The maximum atomic E-state index is 13.3. The quantitative estimate of drug-likeness (QED) is 0.707. The van der Waals surface area contributed by atoms with Crippen molar-refractivity contribution in [2.24, 2.45) is 5.73 Å². The second kappa shape index (κ2) is 8.31. The summed E-state index contributed by atoms with van der Waals surface area (Å²) in [6, 6.07) is 15.1. The van der Waals surface area contributed by atoms with Gasteiger partial charge in [0.1, 0.15) is 30.0 Å². The molecule has 3 rings (SSSR count). The molecular weight excluding hydrogens is 372 g/mol. The third kappa shape index (κ3) is 3.90. The summed E-state index contributed by atoms with van der Waals surface area (Å²) in [7, 11) is -3.47. The normalized spacial score (nSPS) is 19.3.